The Morgan fingerprint density at radius 3 is 2.76 bits per heavy atom. The number of rotatable bonds is 3. The molecular formula is C29H40N2O3. The zero-order valence-corrected chi connectivity index (χ0v) is 20.8. The molecule has 1 amide bonds. The Hall–Kier alpha value is -1.88. The molecule has 4 aliphatic carbocycles. The maximum atomic E-state index is 12.7. The molecule has 184 valence electrons. The van der Waals surface area contributed by atoms with Gasteiger partial charge in [0.2, 0.25) is 5.91 Å². The summed E-state index contributed by atoms with van der Waals surface area (Å²) in [6, 6.07) is 3.94. The van der Waals surface area contributed by atoms with E-state index in [1.54, 1.807) is 17.9 Å². The van der Waals surface area contributed by atoms with Gasteiger partial charge in [-0.3, -0.25) is 4.79 Å². The van der Waals surface area contributed by atoms with Crippen LogP contribution in [0.25, 0.3) is 0 Å². The zero-order valence-electron chi connectivity index (χ0n) is 20.8. The lowest BCUT2D eigenvalue weighted by Gasteiger charge is -2.60. The van der Waals surface area contributed by atoms with Crippen molar-refractivity contribution in [2.75, 3.05) is 6.54 Å². The van der Waals surface area contributed by atoms with Crippen molar-refractivity contribution < 1.29 is 9.21 Å². The van der Waals surface area contributed by atoms with Crippen LogP contribution >= 0.6 is 0 Å². The molecule has 5 aliphatic rings. The zero-order chi connectivity index (χ0) is 23.5. The first-order valence-corrected chi connectivity index (χ1v) is 13.7. The summed E-state index contributed by atoms with van der Waals surface area (Å²) in [5.41, 5.74) is 3.18. The highest BCUT2D eigenvalue weighted by molar-refractivity contribution is 5.82. The number of carbonyl (C=O) groups excluding carboxylic acids is 1. The summed E-state index contributed by atoms with van der Waals surface area (Å²) in [5.74, 6) is 2.82. The van der Waals surface area contributed by atoms with E-state index >= 15 is 0 Å². The van der Waals surface area contributed by atoms with Gasteiger partial charge in [0.15, 0.2) is 0 Å². The SMILES string of the molecule is C[C@]12CC[C@H](NC(=O)[C@H]3CCCN3)C[C@H]1CC[C@H]1C3=CC[C@H](c4ccc(=O)oc4)[C@@]3(C)CC[C@@H]12. The highest BCUT2D eigenvalue weighted by atomic mass is 16.4. The number of hydrogen-bond donors (Lipinski definition) is 2. The summed E-state index contributed by atoms with van der Waals surface area (Å²) in [6.45, 7) is 6.02. The van der Waals surface area contributed by atoms with Gasteiger partial charge in [0.1, 0.15) is 0 Å². The highest BCUT2D eigenvalue weighted by Crippen LogP contribution is 2.67. The first-order valence-electron chi connectivity index (χ1n) is 13.7. The molecular weight excluding hydrogens is 424 g/mol. The van der Waals surface area contributed by atoms with Crippen molar-refractivity contribution in [3.8, 4) is 0 Å². The van der Waals surface area contributed by atoms with Crippen LogP contribution in [0.4, 0.5) is 0 Å². The lowest BCUT2D eigenvalue weighted by molar-refractivity contribution is -0.125. The van der Waals surface area contributed by atoms with Gasteiger partial charge in [-0.15, -0.1) is 0 Å². The predicted octanol–water partition coefficient (Wildman–Crippen LogP) is 4.92. The van der Waals surface area contributed by atoms with Crippen molar-refractivity contribution in [3.63, 3.8) is 0 Å². The van der Waals surface area contributed by atoms with Crippen molar-refractivity contribution in [2.45, 2.75) is 96.1 Å². The van der Waals surface area contributed by atoms with Gasteiger partial charge in [-0.2, -0.15) is 0 Å². The standard InChI is InChI=1S/C29H40N2O3/c1-28-13-11-20(31-27(33)25-4-3-15-30-25)16-19(28)6-7-21-23-9-8-22(18-5-10-26(32)34-17-18)29(23,2)14-12-24(21)28/h5,9-10,17,19-22,24-25,30H,3-4,6-8,11-16H2,1-2H3,(H,31,33)/t19-,20+,21+,22-,24+,25-,28+,29-/m1/s1. The van der Waals surface area contributed by atoms with Crippen LogP contribution < -0.4 is 16.3 Å². The molecule has 3 saturated carbocycles. The number of carbonyl (C=O) groups is 1. The number of nitrogens with one attached hydrogen (secondary N) is 2. The van der Waals surface area contributed by atoms with E-state index in [1.165, 1.54) is 37.7 Å². The van der Waals surface area contributed by atoms with Crippen molar-refractivity contribution in [3.05, 3.63) is 46.0 Å². The van der Waals surface area contributed by atoms with E-state index in [1.807, 2.05) is 6.07 Å². The maximum absolute atomic E-state index is 12.7. The van der Waals surface area contributed by atoms with Gasteiger partial charge in [-0.05, 0) is 117 Å². The first kappa shape index (κ1) is 22.6. The Balaban J connectivity index is 1.16. The van der Waals surface area contributed by atoms with Gasteiger partial charge in [-0.25, -0.2) is 4.79 Å². The number of allylic oxidation sites excluding steroid dienone is 2. The summed E-state index contributed by atoms with van der Waals surface area (Å²) in [6.07, 6.45) is 16.0. The molecule has 34 heavy (non-hydrogen) atoms. The van der Waals surface area contributed by atoms with Crippen molar-refractivity contribution in [1.82, 2.24) is 10.6 Å². The molecule has 2 heterocycles. The normalized spacial score (nSPS) is 43.4. The van der Waals surface area contributed by atoms with Crippen LogP contribution in [0.5, 0.6) is 0 Å². The fraction of sp³-hybridized carbons (Fsp3) is 0.724. The van der Waals surface area contributed by atoms with E-state index in [0.29, 0.717) is 23.3 Å². The Morgan fingerprint density at radius 1 is 1.12 bits per heavy atom. The highest BCUT2D eigenvalue weighted by Gasteiger charge is 2.57. The topological polar surface area (TPSA) is 71.3 Å². The molecule has 1 saturated heterocycles. The molecule has 8 atom stereocenters. The van der Waals surface area contributed by atoms with Crippen LogP contribution in [-0.4, -0.2) is 24.5 Å². The third-order valence-corrected chi connectivity index (χ3v) is 10.9. The minimum absolute atomic E-state index is 0.0277. The summed E-state index contributed by atoms with van der Waals surface area (Å²) in [5, 5.41) is 6.76. The molecule has 1 aromatic heterocycles. The fourth-order valence-electron chi connectivity index (χ4n) is 9.00. The molecule has 5 heteroatoms. The second-order valence-corrected chi connectivity index (χ2v) is 12.4. The Bertz CT molecular complexity index is 1020. The van der Waals surface area contributed by atoms with E-state index in [9.17, 15) is 9.59 Å². The Kier molecular flexibility index (Phi) is 5.55. The number of amides is 1. The van der Waals surface area contributed by atoms with Crippen LogP contribution in [0.1, 0.15) is 89.5 Å². The number of fused-ring (bicyclic) bond motifs is 5. The van der Waals surface area contributed by atoms with E-state index in [-0.39, 0.29) is 23.0 Å². The second-order valence-electron chi connectivity index (χ2n) is 12.4. The van der Waals surface area contributed by atoms with E-state index < -0.39 is 0 Å². The van der Waals surface area contributed by atoms with Gasteiger partial charge >= 0.3 is 5.63 Å². The molecule has 0 bridgehead atoms. The maximum Gasteiger partial charge on any atom is 0.335 e. The van der Waals surface area contributed by atoms with E-state index in [2.05, 4.69) is 30.6 Å². The molecule has 1 aliphatic heterocycles. The van der Waals surface area contributed by atoms with Gasteiger partial charge < -0.3 is 15.1 Å². The summed E-state index contributed by atoms with van der Waals surface area (Å²) >= 11 is 0. The third-order valence-electron chi connectivity index (χ3n) is 10.9. The molecule has 4 fully saturated rings. The van der Waals surface area contributed by atoms with E-state index in [0.717, 1.165) is 50.5 Å². The summed E-state index contributed by atoms with van der Waals surface area (Å²) in [4.78, 5) is 24.2. The minimum atomic E-state index is -0.263. The predicted molar refractivity (Wildman–Crippen MR) is 132 cm³/mol. The summed E-state index contributed by atoms with van der Waals surface area (Å²) < 4.78 is 5.25. The largest absolute Gasteiger partial charge is 0.431 e. The lowest BCUT2D eigenvalue weighted by Crippen LogP contribution is -2.54. The monoisotopic (exact) mass is 464 g/mol. The molecule has 0 unspecified atom stereocenters. The molecule has 0 spiro atoms. The second kappa shape index (κ2) is 8.36. The molecule has 0 radical (unpaired) electrons. The first-order chi connectivity index (χ1) is 16.4. The Labute approximate surface area is 203 Å². The van der Waals surface area contributed by atoms with Gasteiger partial charge in [-0.1, -0.05) is 25.5 Å². The number of hydrogen-bond acceptors (Lipinski definition) is 4. The van der Waals surface area contributed by atoms with Gasteiger partial charge in [0, 0.05) is 12.1 Å². The Morgan fingerprint density at radius 2 is 2.00 bits per heavy atom. The molecule has 1 aromatic rings. The van der Waals surface area contributed by atoms with Crippen LogP contribution in [0.15, 0.2) is 39.3 Å². The van der Waals surface area contributed by atoms with Crippen LogP contribution in [-0.2, 0) is 4.79 Å². The van der Waals surface area contributed by atoms with Crippen LogP contribution in [0.2, 0.25) is 0 Å². The average Bonchev–Trinajstić information content (AvgIpc) is 3.48. The lowest BCUT2D eigenvalue weighted by atomic mass is 9.45. The van der Waals surface area contributed by atoms with Crippen molar-refractivity contribution >= 4 is 5.91 Å². The van der Waals surface area contributed by atoms with Gasteiger partial charge in [0.05, 0.1) is 12.3 Å². The third kappa shape index (κ3) is 3.53. The molecule has 0 aromatic carbocycles. The molecule has 5 nitrogen and oxygen atoms in total. The van der Waals surface area contributed by atoms with Crippen LogP contribution in [0.3, 0.4) is 0 Å². The minimum Gasteiger partial charge on any atom is -0.431 e. The van der Waals surface area contributed by atoms with Crippen molar-refractivity contribution in [2.24, 2.45) is 28.6 Å². The van der Waals surface area contributed by atoms with E-state index in [4.69, 9.17) is 4.42 Å². The smallest absolute Gasteiger partial charge is 0.335 e. The van der Waals surface area contributed by atoms with Gasteiger partial charge in [0.25, 0.3) is 0 Å². The average molecular weight is 465 g/mol. The van der Waals surface area contributed by atoms with Crippen LogP contribution in [0, 0.1) is 28.6 Å². The molecule has 2 N–H and O–H groups in total. The quantitative estimate of drug-likeness (QED) is 0.623. The summed E-state index contributed by atoms with van der Waals surface area (Å²) in [7, 11) is 0. The molecule has 6 rings (SSSR count). The van der Waals surface area contributed by atoms with Crippen molar-refractivity contribution in [1.29, 1.82) is 0 Å². The fourth-order valence-corrected chi connectivity index (χ4v) is 9.00.